The van der Waals surface area contributed by atoms with Crippen molar-refractivity contribution < 1.29 is 18.9 Å². The fourth-order valence-electron chi connectivity index (χ4n) is 1.25. The maximum Gasteiger partial charge on any atom is 0.239 e. The van der Waals surface area contributed by atoms with Crippen molar-refractivity contribution in [1.29, 1.82) is 0 Å². The zero-order chi connectivity index (χ0) is 15.0. The minimum atomic E-state index is -0.677. The van der Waals surface area contributed by atoms with E-state index in [0.717, 1.165) is 0 Å². The zero-order valence-electron chi connectivity index (χ0n) is 11.9. The van der Waals surface area contributed by atoms with Crippen molar-refractivity contribution in [3.05, 3.63) is 12.4 Å². The molecule has 0 amide bonds. The normalized spacial score (nSPS) is 10.9. The molecule has 1 heterocycles. The Morgan fingerprint density at radius 1 is 0.850 bits per heavy atom. The quantitative estimate of drug-likeness (QED) is 0.628. The van der Waals surface area contributed by atoms with E-state index in [9.17, 15) is 0 Å². The fourth-order valence-corrected chi connectivity index (χ4v) is 1.25. The predicted molar refractivity (Wildman–Crippen MR) is 72.8 cm³/mol. The van der Waals surface area contributed by atoms with Crippen LogP contribution in [0, 0.1) is 0 Å². The number of nitrogens with zero attached hydrogens (tertiary/aromatic N) is 3. The summed E-state index contributed by atoms with van der Waals surface area (Å²) in [6.45, 7) is 3.62. The first kappa shape index (κ1) is 16.2. The second-order valence-electron chi connectivity index (χ2n) is 3.44. The van der Waals surface area contributed by atoms with E-state index in [1.807, 2.05) is 0 Å². The van der Waals surface area contributed by atoms with Gasteiger partial charge in [0.15, 0.2) is 5.82 Å². The predicted octanol–water partition coefficient (Wildman–Crippen LogP) is 0.491. The molecule has 1 rings (SSSR count). The van der Waals surface area contributed by atoms with E-state index >= 15 is 0 Å². The fraction of sp³-hybridized carbons (Fsp3) is 0.545. The molecule has 112 valence electrons. The summed E-state index contributed by atoms with van der Waals surface area (Å²) < 4.78 is 20.0. The zero-order valence-corrected chi connectivity index (χ0v) is 11.9. The molecule has 1 aromatic heterocycles. The van der Waals surface area contributed by atoms with E-state index in [1.165, 1.54) is 34.5 Å². The topological polar surface area (TPSA) is 99.7 Å². The molecule has 0 aliphatic rings. The average molecular weight is 285 g/mol. The van der Waals surface area contributed by atoms with Crippen molar-refractivity contribution in [2.24, 2.45) is 0 Å². The number of nitrogens with one attached hydrogen (secondary N) is 2. The molecule has 0 saturated carbocycles. The summed E-state index contributed by atoms with van der Waals surface area (Å²) in [7, 11) is 5.95. The van der Waals surface area contributed by atoms with Gasteiger partial charge in [0.05, 0.1) is 0 Å². The monoisotopic (exact) mass is 285 g/mol. The first-order chi connectivity index (χ1) is 9.66. The van der Waals surface area contributed by atoms with Crippen LogP contribution < -0.4 is 10.6 Å². The van der Waals surface area contributed by atoms with Crippen LogP contribution >= 0.6 is 0 Å². The summed E-state index contributed by atoms with van der Waals surface area (Å²) in [5.74, 6) is 0.899. The van der Waals surface area contributed by atoms with E-state index in [0.29, 0.717) is 5.82 Å². The third-order valence-electron chi connectivity index (χ3n) is 2.19. The summed E-state index contributed by atoms with van der Waals surface area (Å²) in [4.78, 5) is 12.4. The summed E-state index contributed by atoms with van der Waals surface area (Å²) in [6.07, 6.45) is 0.133. The van der Waals surface area contributed by atoms with Gasteiger partial charge in [-0.3, -0.25) is 0 Å². The lowest BCUT2D eigenvalue weighted by atomic mass is 10.6. The lowest BCUT2D eigenvalue weighted by Crippen LogP contribution is -2.27. The van der Waals surface area contributed by atoms with Crippen LogP contribution in [0.2, 0.25) is 0 Å². The third kappa shape index (κ3) is 4.70. The standard InChI is InChI=1S/C11H19N5O4/c1-6-7-12-8(15-10(17-2)18-3)14-9(13-7)16-11(19-4)20-5/h6,10-11H,1H2,2-5H3,(H2,12,13,14,15,16). The van der Waals surface area contributed by atoms with E-state index in [-0.39, 0.29) is 11.9 Å². The molecule has 1 aromatic rings. The number of rotatable bonds is 9. The lowest BCUT2D eigenvalue weighted by Gasteiger charge is -2.17. The minimum absolute atomic E-state index is 0.261. The Kier molecular flexibility index (Phi) is 6.81. The Morgan fingerprint density at radius 3 is 1.55 bits per heavy atom. The Hall–Kier alpha value is -1.81. The van der Waals surface area contributed by atoms with Crippen molar-refractivity contribution in [2.75, 3.05) is 39.1 Å². The maximum atomic E-state index is 5.01. The summed E-state index contributed by atoms with van der Waals surface area (Å²) in [5, 5.41) is 5.65. The van der Waals surface area contributed by atoms with Crippen molar-refractivity contribution >= 4 is 18.0 Å². The van der Waals surface area contributed by atoms with Crippen LogP contribution in [0.3, 0.4) is 0 Å². The minimum Gasteiger partial charge on any atom is -0.339 e. The lowest BCUT2D eigenvalue weighted by molar-refractivity contribution is -0.0818. The molecule has 0 bridgehead atoms. The highest BCUT2D eigenvalue weighted by atomic mass is 16.7. The van der Waals surface area contributed by atoms with Crippen LogP contribution in [0.5, 0.6) is 0 Å². The number of hydrogen-bond donors (Lipinski definition) is 2. The van der Waals surface area contributed by atoms with Crippen molar-refractivity contribution in [3.63, 3.8) is 0 Å². The highest BCUT2D eigenvalue weighted by molar-refractivity contribution is 5.44. The molecular weight excluding hydrogens is 266 g/mol. The van der Waals surface area contributed by atoms with Gasteiger partial charge in [-0.05, 0) is 6.08 Å². The first-order valence-electron chi connectivity index (χ1n) is 5.69. The molecule has 0 atom stereocenters. The van der Waals surface area contributed by atoms with Crippen LogP contribution in [0.4, 0.5) is 11.9 Å². The molecule has 0 saturated heterocycles. The molecule has 2 N–H and O–H groups in total. The number of anilines is 2. The van der Waals surface area contributed by atoms with Crippen molar-refractivity contribution in [1.82, 2.24) is 15.0 Å². The van der Waals surface area contributed by atoms with Gasteiger partial charge in [-0.15, -0.1) is 0 Å². The SMILES string of the molecule is C=Cc1nc(NC(OC)OC)nc(NC(OC)OC)n1. The van der Waals surface area contributed by atoms with Gasteiger partial charge in [0.1, 0.15) is 0 Å². The Morgan fingerprint density at radius 2 is 1.25 bits per heavy atom. The van der Waals surface area contributed by atoms with Gasteiger partial charge in [-0.25, -0.2) is 0 Å². The Balaban J connectivity index is 2.92. The van der Waals surface area contributed by atoms with Gasteiger partial charge in [0, 0.05) is 28.4 Å². The van der Waals surface area contributed by atoms with Gasteiger partial charge < -0.3 is 29.6 Å². The summed E-state index contributed by atoms with van der Waals surface area (Å²) >= 11 is 0. The molecule has 0 aromatic carbocycles. The van der Waals surface area contributed by atoms with Gasteiger partial charge in [-0.2, -0.15) is 15.0 Å². The highest BCUT2D eigenvalue weighted by Crippen LogP contribution is 2.09. The van der Waals surface area contributed by atoms with Gasteiger partial charge in [0.25, 0.3) is 0 Å². The average Bonchev–Trinajstić information content (AvgIpc) is 2.49. The molecule has 0 aliphatic heterocycles. The van der Waals surface area contributed by atoms with E-state index < -0.39 is 12.8 Å². The first-order valence-corrected chi connectivity index (χ1v) is 5.69. The third-order valence-corrected chi connectivity index (χ3v) is 2.19. The summed E-state index contributed by atoms with van der Waals surface area (Å²) in [5.41, 5.74) is 0. The molecule has 20 heavy (non-hydrogen) atoms. The van der Waals surface area contributed by atoms with Gasteiger partial charge in [0.2, 0.25) is 24.7 Å². The molecule has 9 heteroatoms. The largest absolute Gasteiger partial charge is 0.339 e. The van der Waals surface area contributed by atoms with Crippen LogP contribution in [0.25, 0.3) is 6.08 Å². The van der Waals surface area contributed by atoms with Crippen molar-refractivity contribution in [3.8, 4) is 0 Å². The van der Waals surface area contributed by atoms with E-state index in [4.69, 9.17) is 18.9 Å². The smallest absolute Gasteiger partial charge is 0.239 e. The van der Waals surface area contributed by atoms with Crippen LogP contribution in [0.15, 0.2) is 6.58 Å². The second-order valence-corrected chi connectivity index (χ2v) is 3.44. The van der Waals surface area contributed by atoms with Gasteiger partial charge >= 0.3 is 0 Å². The molecule has 0 aliphatic carbocycles. The van der Waals surface area contributed by atoms with Crippen LogP contribution in [-0.2, 0) is 18.9 Å². The van der Waals surface area contributed by atoms with Crippen molar-refractivity contribution in [2.45, 2.75) is 12.8 Å². The van der Waals surface area contributed by atoms with E-state index in [1.54, 1.807) is 0 Å². The maximum absolute atomic E-state index is 5.01. The number of aromatic nitrogens is 3. The van der Waals surface area contributed by atoms with Crippen LogP contribution in [0.1, 0.15) is 5.82 Å². The second kappa shape index (κ2) is 8.38. The van der Waals surface area contributed by atoms with E-state index in [2.05, 4.69) is 32.2 Å². The van der Waals surface area contributed by atoms with Gasteiger partial charge in [-0.1, -0.05) is 6.58 Å². The number of methoxy groups -OCH3 is 4. The van der Waals surface area contributed by atoms with Crippen LogP contribution in [-0.4, -0.2) is 56.2 Å². The molecular formula is C11H19N5O4. The number of ether oxygens (including phenoxy) is 4. The Bertz CT molecular complexity index is 391. The molecule has 9 nitrogen and oxygen atoms in total. The molecule has 0 unspecified atom stereocenters. The molecule has 0 spiro atoms. The summed E-state index contributed by atoms with van der Waals surface area (Å²) in [6, 6.07) is 0. The molecule has 0 radical (unpaired) electrons. The highest BCUT2D eigenvalue weighted by Gasteiger charge is 2.12. The Labute approximate surface area is 117 Å². The molecule has 0 fully saturated rings. The number of hydrogen-bond acceptors (Lipinski definition) is 9.